The molecule has 0 bridgehead atoms. The lowest BCUT2D eigenvalue weighted by atomic mass is 10.3. The summed E-state index contributed by atoms with van der Waals surface area (Å²) in [4.78, 5) is 6.45. The molecule has 0 spiro atoms. The van der Waals surface area contributed by atoms with Gasteiger partial charge in [-0.25, -0.2) is 13.4 Å². The molecular weight excluding hydrogens is 288 g/mol. The maximum Gasteiger partial charge on any atom is 0.341 e. The molecule has 1 aromatic carbocycles. The van der Waals surface area contributed by atoms with E-state index in [1.54, 1.807) is 12.5 Å². The Hall–Kier alpha value is -1.96. The number of sulfone groups is 1. The van der Waals surface area contributed by atoms with Gasteiger partial charge in [0.05, 0.1) is 11.2 Å². The van der Waals surface area contributed by atoms with Crippen molar-refractivity contribution in [2.75, 3.05) is 11.9 Å². The fraction of sp³-hybridized carbons (Fsp3) is 0.250. The maximum atomic E-state index is 12.3. The first-order valence-electron chi connectivity index (χ1n) is 5.83. The molecule has 0 atom stereocenters. The molecule has 0 aliphatic heterocycles. The minimum absolute atomic E-state index is 0.383. The number of imidazole rings is 1. The van der Waals surface area contributed by atoms with Crippen molar-refractivity contribution >= 4 is 15.5 Å². The number of nitrogens with zero attached hydrogens (tertiary/aromatic N) is 1. The second-order valence-corrected chi connectivity index (χ2v) is 6.00. The van der Waals surface area contributed by atoms with Gasteiger partial charge < -0.3 is 10.3 Å². The molecule has 0 aliphatic rings. The third kappa shape index (κ3) is 3.32. The number of hydrogen-bond acceptors (Lipinski definition) is 4. The third-order valence-corrected chi connectivity index (χ3v) is 4.09. The Bertz CT molecular complexity index is 640. The van der Waals surface area contributed by atoms with Crippen molar-refractivity contribution in [3.05, 3.63) is 42.5 Å². The van der Waals surface area contributed by atoms with Gasteiger partial charge in [-0.1, -0.05) is 0 Å². The molecule has 0 saturated heterocycles. The van der Waals surface area contributed by atoms with E-state index in [2.05, 4.69) is 15.3 Å². The highest BCUT2D eigenvalue weighted by Gasteiger charge is 2.26. The summed E-state index contributed by atoms with van der Waals surface area (Å²) in [6.07, 6.45) is 4.01. The summed E-state index contributed by atoms with van der Waals surface area (Å²) in [5, 5.41) is 3.06. The van der Waals surface area contributed by atoms with E-state index in [0.29, 0.717) is 12.2 Å². The summed E-state index contributed by atoms with van der Waals surface area (Å²) < 4.78 is 47.2. The summed E-state index contributed by atoms with van der Waals surface area (Å²) in [5.74, 6) is -3.40. The van der Waals surface area contributed by atoms with Crippen LogP contribution in [0.1, 0.15) is 5.69 Å². The van der Waals surface area contributed by atoms with Gasteiger partial charge >= 0.3 is 5.76 Å². The fourth-order valence-electron chi connectivity index (χ4n) is 1.63. The normalized spacial score (nSPS) is 11.8. The van der Waals surface area contributed by atoms with Gasteiger partial charge in [0.15, 0.2) is 0 Å². The van der Waals surface area contributed by atoms with E-state index < -0.39 is 15.6 Å². The monoisotopic (exact) mass is 301 g/mol. The van der Waals surface area contributed by atoms with E-state index in [4.69, 9.17) is 0 Å². The summed E-state index contributed by atoms with van der Waals surface area (Å²) in [6.45, 7) is 0.614. The molecule has 0 radical (unpaired) electrons. The van der Waals surface area contributed by atoms with Gasteiger partial charge in [0.2, 0.25) is 9.84 Å². The topological polar surface area (TPSA) is 74.8 Å². The average molecular weight is 301 g/mol. The van der Waals surface area contributed by atoms with E-state index in [1.807, 2.05) is 0 Å². The molecule has 1 aromatic heterocycles. The van der Waals surface area contributed by atoms with Crippen molar-refractivity contribution in [3.8, 4) is 0 Å². The molecular formula is C12H13F2N3O2S. The van der Waals surface area contributed by atoms with Crippen LogP contribution in [0.5, 0.6) is 0 Å². The van der Waals surface area contributed by atoms with Crippen LogP contribution in [0, 0.1) is 0 Å². The SMILES string of the molecule is O=S(=O)(c1ccc(NCCc2cnc[nH]2)cc1)C(F)F. The Labute approximate surface area is 115 Å². The zero-order valence-electron chi connectivity index (χ0n) is 10.4. The van der Waals surface area contributed by atoms with Crippen LogP contribution in [-0.4, -0.2) is 30.7 Å². The Morgan fingerprint density at radius 1 is 1.25 bits per heavy atom. The lowest BCUT2D eigenvalue weighted by molar-refractivity contribution is 0.234. The van der Waals surface area contributed by atoms with Gasteiger partial charge in [0.1, 0.15) is 0 Å². The molecule has 0 unspecified atom stereocenters. The summed E-state index contributed by atoms with van der Waals surface area (Å²) in [7, 11) is -4.52. The van der Waals surface area contributed by atoms with E-state index >= 15 is 0 Å². The van der Waals surface area contributed by atoms with Crippen LogP contribution >= 0.6 is 0 Å². The number of H-pyrrole nitrogens is 1. The van der Waals surface area contributed by atoms with Crippen LogP contribution in [-0.2, 0) is 16.3 Å². The minimum Gasteiger partial charge on any atom is -0.385 e. The van der Waals surface area contributed by atoms with E-state index in [-0.39, 0.29) is 4.90 Å². The van der Waals surface area contributed by atoms with Crippen molar-refractivity contribution in [1.29, 1.82) is 0 Å². The number of aromatic amines is 1. The summed E-state index contributed by atoms with van der Waals surface area (Å²) in [5.41, 5.74) is 1.63. The molecule has 2 N–H and O–H groups in total. The lowest BCUT2D eigenvalue weighted by Crippen LogP contribution is -2.11. The largest absolute Gasteiger partial charge is 0.385 e. The molecule has 5 nitrogen and oxygen atoms in total. The molecule has 2 rings (SSSR count). The Morgan fingerprint density at radius 2 is 1.95 bits per heavy atom. The second kappa shape index (κ2) is 6.00. The highest BCUT2D eigenvalue weighted by atomic mass is 32.2. The van der Waals surface area contributed by atoms with Gasteiger partial charge in [-0.15, -0.1) is 0 Å². The second-order valence-electron chi connectivity index (χ2n) is 4.08. The Balaban J connectivity index is 1.95. The average Bonchev–Trinajstić information content (AvgIpc) is 2.92. The van der Waals surface area contributed by atoms with Crippen molar-refractivity contribution in [2.24, 2.45) is 0 Å². The maximum absolute atomic E-state index is 12.3. The molecule has 1 heterocycles. The van der Waals surface area contributed by atoms with Gasteiger partial charge in [-0.2, -0.15) is 8.78 Å². The van der Waals surface area contributed by atoms with Gasteiger partial charge in [-0.3, -0.25) is 0 Å². The molecule has 0 saturated carbocycles. The van der Waals surface area contributed by atoms with Crippen molar-refractivity contribution < 1.29 is 17.2 Å². The van der Waals surface area contributed by atoms with E-state index in [9.17, 15) is 17.2 Å². The number of benzene rings is 1. The Kier molecular flexibility index (Phi) is 4.33. The molecule has 0 fully saturated rings. The van der Waals surface area contributed by atoms with Crippen LogP contribution in [0.15, 0.2) is 41.7 Å². The first-order chi connectivity index (χ1) is 9.50. The minimum atomic E-state index is -4.52. The highest BCUT2D eigenvalue weighted by Crippen LogP contribution is 2.20. The van der Waals surface area contributed by atoms with Crippen LogP contribution in [0.3, 0.4) is 0 Å². The van der Waals surface area contributed by atoms with Gasteiger partial charge in [0, 0.05) is 30.5 Å². The molecule has 108 valence electrons. The van der Waals surface area contributed by atoms with E-state index in [0.717, 1.165) is 12.1 Å². The van der Waals surface area contributed by atoms with Crippen molar-refractivity contribution in [2.45, 2.75) is 17.1 Å². The van der Waals surface area contributed by atoms with Crippen molar-refractivity contribution in [3.63, 3.8) is 0 Å². The van der Waals surface area contributed by atoms with Crippen LogP contribution in [0.25, 0.3) is 0 Å². The Morgan fingerprint density at radius 3 is 2.50 bits per heavy atom. The number of halogens is 2. The van der Waals surface area contributed by atoms with Gasteiger partial charge in [-0.05, 0) is 24.3 Å². The third-order valence-electron chi connectivity index (χ3n) is 2.70. The zero-order valence-corrected chi connectivity index (χ0v) is 11.2. The quantitative estimate of drug-likeness (QED) is 0.856. The number of anilines is 1. The van der Waals surface area contributed by atoms with Gasteiger partial charge in [0.25, 0.3) is 0 Å². The van der Waals surface area contributed by atoms with E-state index in [1.165, 1.54) is 24.3 Å². The number of alkyl halides is 2. The molecule has 20 heavy (non-hydrogen) atoms. The number of aromatic nitrogens is 2. The standard InChI is InChI=1S/C12H13F2N3O2S/c13-12(14)20(18,19)11-3-1-9(2-4-11)16-6-5-10-7-15-8-17-10/h1-4,7-8,12,16H,5-6H2,(H,15,17). The van der Waals surface area contributed by atoms with Crippen LogP contribution in [0.2, 0.25) is 0 Å². The summed E-state index contributed by atoms with van der Waals surface area (Å²) in [6, 6.07) is 5.25. The molecule has 2 aromatic rings. The van der Waals surface area contributed by atoms with Crippen LogP contribution < -0.4 is 5.32 Å². The molecule has 0 amide bonds. The molecule has 0 aliphatic carbocycles. The fourth-order valence-corrected chi connectivity index (χ4v) is 2.35. The molecule has 8 heteroatoms. The number of hydrogen-bond donors (Lipinski definition) is 2. The predicted molar refractivity (Wildman–Crippen MR) is 70.4 cm³/mol. The zero-order chi connectivity index (χ0) is 14.6. The highest BCUT2D eigenvalue weighted by molar-refractivity contribution is 7.91. The van der Waals surface area contributed by atoms with Crippen molar-refractivity contribution in [1.82, 2.24) is 9.97 Å². The number of rotatable bonds is 6. The first kappa shape index (κ1) is 14.4. The number of nitrogens with one attached hydrogen (secondary N) is 2. The predicted octanol–water partition coefficient (Wildman–Crippen LogP) is 2.06. The lowest BCUT2D eigenvalue weighted by Gasteiger charge is -2.07. The first-order valence-corrected chi connectivity index (χ1v) is 7.38. The summed E-state index contributed by atoms with van der Waals surface area (Å²) >= 11 is 0. The smallest absolute Gasteiger partial charge is 0.341 e. The van der Waals surface area contributed by atoms with Crippen LogP contribution in [0.4, 0.5) is 14.5 Å².